The van der Waals surface area contributed by atoms with E-state index in [1.807, 2.05) is 0 Å². The summed E-state index contributed by atoms with van der Waals surface area (Å²) in [7, 11) is 0. The Morgan fingerprint density at radius 3 is 2.14 bits per heavy atom. The number of nitrogens with one attached hydrogen (secondary N) is 1. The van der Waals surface area contributed by atoms with E-state index in [-0.39, 0.29) is 5.54 Å². The van der Waals surface area contributed by atoms with Crippen molar-refractivity contribution in [1.82, 2.24) is 10.2 Å². The Bertz CT molecular complexity index is 449. The minimum atomic E-state index is 0.186. The van der Waals surface area contributed by atoms with E-state index < -0.39 is 0 Å². The molecule has 3 rings (SSSR count). The SMILES string of the molecule is CC(C)(C)NCc1ccc(CN(CC2CC2)C2CC2)cc1. The quantitative estimate of drug-likeness (QED) is 0.816. The predicted octanol–water partition coefficient (Wildman–Crippen LogP) is 3.95. The van der Waals surface area contributed by atoms with Crippen LogP contribution < -0.4 is 5.32 Å². The van der Waals surface area contributed by atoms with Crippen LogP contribution in [0.1, 0.15) is 57.6 Å². The number of nitrogens with zero attached hydrogens (tertiary/aromatic N) is 1. The van der Waals surface area contributed by atoms with Crippen molar-refractivity contribution in [2.24, 2.45) is 5.92 Å². The highest BCUT2D eigenvalue weighted by Gasteiger charge is 2.33. The zero-order chi connectivity index (χ0) is 14.9. The Balaban J connectivity index is 1.53. The second-order valence-corrected chi connectivity index (χ2v) is 8.02. The molecule has 2 aliphatic carbocycles. The van der Waals surface area contributed by atoms with Crippen LogP contribution in [0.3, 0.4) is 0 Å². The summed E-state index contributed by atoms with van der Waals surface area (Å²) in [5, 5.41) is 3.55. The van der Waals surface area contributed by atoms with Crippen molar-refractivity contribution < 1.29 is 0 Å². The maximum absolute atomic E-state index is 3.55. The molecule has 0 atom stereocenters. The minimum Gasteiger partial charge on any atom is -0.308 e. The fourth-order valence-electron chi connectivity index (χ4n) is 2.78. The average Bonchev–Trinajstić information content (AvgIpc) is 3.29. The first-order chi connectivity index (χ1) is 9.99. The van der Waals surface area contributed by atoms with Gasteiger partial charge in [0.15, 0.2) is 0 Å². The third-order valence-electron chi connectivity index (χ3n) is 4.48. The molecule has 2 fully saturated rings. The normalized spacial score (nSPS) is 19.2. The van der Waals surface area contributed by atoms with E-state index in [9.17, 15) is 0 Å². The highest BCUT2D eigenvalue weighted by atomic mass is 15.2. The molecular formula is C19H30N2. The molecular weight excluding hydrogens is 256 g/mol. The standard InChI is InChI=1S/C19H30N2/c1-19(2,3)20-12-15-4-6-16(7-5-15)13-21(18-10-11-18)14-17-8-9-17/h4-7,17-18,20H,8-14H2,1-3H3. The molecule has 0 aliphatic heterocycles. The van der Waals surface area contributed by atoms with Crippen LogP contribution in [0.2, 0.25) is 0 Å². The zero-order valence-electron chi connectivity index (χ0n) is 13.9. The van der Waals surface area contributed by atoms with E-state index in [2.05, 4.69) is 55.3 Å². The van der Waals surface area contributed by atoms with Crippen molar-refractivity contribution in [3.8, 4) is 0 Å². The summed E-state index contributed by atoms with van der Waals surface area (Å²) in [5.41, 5.74) is 3.04. The topological polar surface area (TPSA) is 15.3 Å². The third-order valence-corrected chi connectivity index (χ3v) is 4.48. The van der Waals surface area contributed by atoms with Crippen LogP contribution in [0, 0.1) is 5.92 Å². The summed E-state index contributed by atoms with van der Waals surface area (Å²) < 4.78 is 0. The average molecular weight is 286 g/mol. The van der Waals surface area contributed by atoms with Crippen LogP contribution >= 0.6 is 0 Å². The third kappa shape index (κ3) is 5.12. The fourth-order valence-corrected chi connectivity index (χ4v) is 2.78. The lowest BCUT2D eigenvalue weighted by molar-refractivity contribution is 0.244. The van der Waals surface area contributed by atoms with Crippen LogP contribution in [-0.4, -0.2) is 23.0 Å². The van der Waals surface area contributed by atoms with Crippen molar-refractivity contribution in [2.45, 2.75) is 71.1 Å². The summed E-state index contributed by atoms with van der Waals surface area (Å²) in [5.74, 6) is 1.00. The molecule has 0 saturated heterocycles. The first-order valence-electron chi connectivity index (χ1n) is 8.56. The number of benzene rings is 1. The first kappa shape index (κ1) is 15.1. The second-order valence-electron chi connectivity index (χ2n) is 8.02. The molecule has 0 spiro atoms. The fraction of sp³-hybridized carbons (Fsp3) is 0.684. The number of hydrogen-bond donors (Lipinski definition) is 1. The Kier molecular flexibility index (Phi) is 4.37. The van der Waals surface area contributed by atoms with Gasteiger partial charge in [0, 0.05) is 31.2 Å². The lowest BCUT2D eigenvalue weighted by atomic mass is 10.1. The maximum Gasteiger partial charge on any atom is 0.0236 e. The highest BCUT2D eigenvalue weighted by Crippen LogP contribution is 2.35. The summed E-state index contributed by atoms with van der Waals surface area (Å²) in [6.45, 7) is 10.1. The molecule has 21 heavy (non-hydrogen) atoms. The van der Waals surface area contributed by atoms with Crippen LogP contribution in [0.25, 0.3) is 0 Å². The Morgan fingerprint density at radius 2 is 1.62 bits per heavy atom. The summed E-state index contributed by atoms with van der Waals surface area (Å²) >= 11 is 0. The van der Waals surface area contributed by atoms with E-state index >= 15 is 0 Å². The summed E-state index contributed by atoms with van der Waals surface area (Å²) in [6, 6.07) is 10.1. The number of rotatable bonds is 7. The monoisotopic (exact) mass is 286 g/mol. The van der Waals surface area contributed by atoms with Crippen molar-refractivity contribution >= 4 is 0 Å². The van der Waals surface area contributed by atoms with Gasteiger partial charge in [0.1, 0.15) is 0 Å². The van der Waals surface area contributed by atoms with Gasteiger partial charge in [0.25, 0.3) is 0 Å². The van der Waals surface area contributed by atoms with Crippen LogP contribution in [0.15, 0.2) is 24.3 Å². The Labute approximate surface area is 129 Å². The van der Waals surface area contributed by atoms with Gasteiger partial charge in [-0.15, -0.1) is 0 Å². The van der Waals surface area contributed by atoms with Crippen molar-refractivity contribution in [3.05, 3.63) is 35.4 Å². The molecule has 0 bridgehead atoms. The molecule has 2 nitrogen and oxygen atoms in total. The van der Waals surface area contributed by atoms with E-state index in [1.165, 1.54) is 43.4 Å². The molecule has 0 unspecified atom stereocenters. The van der Waals surface area contributed by atoms with Crippen LogP contribution in [0.4, 0.5) is 0 Å². The van der Waals surface area contributed by atoms with E-state index in [0.29, 0.717) is 0 Å². The zero-order valence-corrected chi connectivity index (χ0v) is 13.9. The van der Waals surface area contributed by atoms with Gasteiger partial charge >= 0.3 is 0 Å². The second kappa shape index (κ2) is 6.10. The lowest BCUT2D eigenvalue weighted by Crippen LogP contribution is -2.35. The van der Waals surface area contributed by atoms with Crippen LogP contribution in [0.5, 0.6) is 0 Å². The highest BCUT2D eigenvalue weighted by molar-refractivity contribution is 5.23. The van der Waals surface area contributed by atoms with Gasteiger partial charge in [-0.3, -0.25) is 4.90 Å². The Hall–Kier alpha value is -0.860. The summed E-state index contributed by atoms with van der Waals surface area (Å²) in [6.07, 6.45) is 5.75. The van der Waals surface area contributed by atoms with Gasteiger partial charge in [0.05, 0.1) is 0 Å². The molecule has 1 N–H and O–H groups in total. The predicted molar refractivity (Wildman–Crippen MR) is 89.2 cm³/mol. The van der Waals surface area contributed by atoms with Gasteiger partial charge < -0.3 is 5.32 Å². The van der Waals surface area contributed by atoms with Gasteiger partial charge in [-0.25, -0.2) is 0 Å². The van der Waals surface area contributed by atoms with E-state index in [0.717, 1.165) is 25.0 Å². The molecule has 2 aliphatic rings. The van der Waals surface area contributed by atoms with Gasteiger partial charge in [-0.1, -0.05) is 24.3 Å². The van der Waals surface area contributed by atoms with Crippen LogP contribution in [-0.2, 0) is 13.1 Å². The van der Waals surface area contributed by atoms with E-state index in [1.54, 1.807) is 0 Å². The molecule has 116 valence electrons. The Morgan fingerprint density at radius 1 is 1.00 bits per heavy atom. The largest absolute Gasteiger partial charge is 0.308 e. The molecule has 0 aromatic heterocycles. The smallest absolute Gasteiger partial charge is 0.0236 e. The molecule has 2 heteroatoms. The summed E-state index contributed by atoms with van der Waals surface area (Å²) in [4.78, 5) is 2.72. The molecule has 2 saturated carbocycles. The number of hydrogen-bond acceptors (Lipinski definition) is 2. The van der Waals surface area contributed by atoms with Crippen molar-refractivity contribution in [3.63, 3.8) is 0 Å². The van der Waals surface area contributed by atoms with Gasteiger partial charge in [-0.05, 0) is 63.5 Å². The molecule has 1 aromatic rings. The molecule has 0 heterocycles. The molecule has 1 aromatic carbocycles. The molecule has 0 amide bonds. The van der Waals surface area contributed by atoms with Crippen molar-refractivity contribution in [2.75, 3.05) is 6.54 Å². The lowest BCUT2D eigenvalue weighted by Gasteiger charge is -2.22. The van der Waals surface area contributed by atoms with Gasteiger partial charge in [0.2, 0.25) is 0 Å². The van der Waals surface area contributed by atoms with Gasteiger partial charge in [-0.2, -0.15) is 0 Å². The molecule has 0 radical (unpaired) electrons. The minimum absolute atomic E-state index is 0.186. The van der Waals surface area contributed by atoms with E-state index in [4.69, 9.17) is 0 Å². The maximum atomic E-state index is 3.55. The first-order valence-corrected chi connectivity index (χ1v) is 8.56. The van der Waals surface area contributed by atoms with Crippen molar-refractivity contribution in [1.29, 1.82) is 0 Å².